The molecule has 25 heavy (non-hydrogen) atoms. The molecule has 0 spiro atoms. The zero-order valence-electron chi connectivity index (χ0n) is 16.1. The molecule has 1 rings (SSSR count). The summed E-state index contributed by atoms with van der Waals surface area (Å²) in [5.74, 6) is 0.825. The number of nitrogens with zero attached hydrogens (tertiary/aromatic N) is 1. The van der Waals surface area contributed by atoms with Gasteiger partial charge < -0.3 is 14.4 Å². The maximum atomic E-state index is 12.5. The second-order valence-corrected chi connectivity index (χ2v) is 6.68. The lowest BCUT2D eigenvalue weighted by molar-refractivity contribution is -0.144. The van der Waals surface area contributed by atoms with Crippen LogP contribution in [0, 0.1) is 19.8 Å². The van der Waals surface area contributed by atoms with Crippen LogP contribution >= 0.6 is 0 Å². The zero-order valence-corrected chi connectivity index (χ0v) is 16.1. The minimum absolute atomic E-state index is 0.0226. The van der Waals surface area contributed by atoms with E-state index in [4.69, 9.17) is 9.47 Å². The van der Waals surface area contributed by atoms with Crippen LogP contribution in [-0.4, -0.2) is 43.1 Å². The minimum Gasteiger partial charge on any atom is -0.483 e. The van der Waals surface area contributed by atoms with Crippen molar-refractivity contribution < 1.29 is 19.1 Å². The molecule has 5 heteroatoms. The molecule has 140 valence electrons. The second-order valence-electron chi connectivity index (χ2n) is 6.68. The van der Waals surface area contributed by atoms with Gasteiger partial charge in [0.2, 0.25) is 0 Å². The highest BCUT2D eigenvalue weighted by Gasteiger charge is 2.17. The fraction of sp³-hybridized carbons (Fsp3) is 0.600. The summed E-state index contributed by atoms with van der Waals surface area (Å²) in [4.78, 5) is 25.8. The van der Waals surface area contributed by atoms with Crippen LogP contribution in [0.3, 0.4) is 0 Å². The van der Waals surface area contributed by atoms with Crippen molar-refractivity contribution in [3.05, 3.63) is 29.3 Å². The third-order valence-electron chi connectivity index (χ3n) is 3.92. The first-order valence-corrected chi connectivity index (χ1v) is 8.97. The van der Waals surface area contributed by atoms with Crippen molar-refractivity contribution in [2.24, 2.45) is 5.92 Å². The average molecular weight is 349 g/mol. The van der Waals surface area contributed by atoms with Gasteiger partial charge in [0.05, 0.1) is 13.0 Å². The maximum absolute atomic E-state index is 12.5. The topological polar surface area (TPSA) is 55.8 Å². The molecule has 0 radical (unpaired) electrons. The molecule has 0 bridgehead atoms. The number of benzene rings is 1. The van der Waals surface area contributed by atoms with E-state index in [2.05, 4.69) is 13.8 Å². The molecule has 0 fully saturated rings. The Kier molecular flexibility index (Phi) is 9.03. The summed E-state index contributed by atoms with van der Waals surface area (Å²) >= 11 is 0. The molecular formula is C20H31NO4. The highest BCUT2D eigenvalue weighted by atomic mass is 16.5. The van der Waals surface area contributed by atoms with E-state index in [1.54, 1.807) is 11.8 Å². The van der Waals surface area contributed by atoms with Gasteiger partial charge in [-0.2, -0.15) is 0 Å². The van der Waals surface area contributed by atoms with E-state index in [1.165, 1.54) is 0 Å². The number of amides is 1. The highest BCUT2D eigenvalue weighted by molar-refractivity contribution is 5.78. The van der Waals surface area contributed by atoms with E-state index >= 15 is 0 Å². The van der Waals surface area contributed by atoms with Crippen LogP contribution in [0.1, 0.15) is 44.7 Å². The fourth-order valence-corrected chi connectivity index (χ4v) is 2.33. The number of carbonyl (C=O) groups is 2. The molecule has 0 aliphatic carbocycles. The van der Waals surface area contributed by atoms with Crippen LogP contribution in [0.15, 0.2) is 18.2 Å². The van der Waals surface area contributed by atoms with Crippen molar-refractivity contribution in [3.8, 4) is 5.75 Å². The summed E-state index contributed by atoms with van der Waals surface area (Å²) in [7, 11) is 0. The Bertz CT molecular complexity index is 569. The van der Waals surface area contributed by atoms with E-state index < -0.39 is 0 Å². The summed E-state index contributed by atoms with van der Waals surface area (Å²) in [5.41, 5.74) is 2.09. The number of hydrogen-bond donors (Lipinski definition) is 0. The smallest absolute Gasteiger partial charge is 0.307 e. The average Bonchev–Trinajstić information content (AvgIpc) is 2.55. The molecule has 1 aromatic rings. The lowest BCUT2D eigenvalue weighted by Gasteiger charge is -2.23. The van der Waals surface area contributed by atoms with Gasteiger partial charge in [0.1, 0.15) is 5.75 Å². The van der Waals surface area contributed by atoms with E-state index in [0.717, 1.165) is 23.3 Å². The summed E-state index contributed by atoms with van der Waals surface area (Å²) in [6.07, 6.45) is 1.10. The SMILES string of the molecule is CCOC(=O)CCN(CCC(C)C)C(=O)COc1cc(C)ccc1C. The second kappa shape index (κ2) is 10.7. The molecule has 0 aliphatic heterocycles. The van der Waals surface area contributed by atoms with Crippen LogP contribution in [0.25, 0.3) is 0 Å². The quantitative estimate of drug-likeness (QED) is 0.607. The van der Waals surface area contributed by atoms with Crippen LogP contribution in [-0.2, 0) is 14.3 Å². The van der Waals surface area contributed by atoms with Gasteiger partial charge in [0, 0.05) is 13.1 Å². The van der Waals surface area contributed by atoms with Gasteiger partial charge in [-0.05, 0) is 50.3 Å². The Balaban J connectivity index is 2.63. The first-order chi connectivity index (χ1) is 11.8. The Hall–Kier alpha value is -2.04. The predicted molar refractivity (Wildman–Crippen MR) is 98.7 cm³/mol. The Morgan fingerprint density at radius 1 is 1.16 bits per heavy atom. The molecule has 0 atom stereocenters. The van der Waals surface area contributed by atoms with Crippen molar-refractivity contribution in [1.82, 2.24) is 4.90 Å². The Labute approximate surface area is 151 Å². The Morgan fingerprint density at radius 2 is 1.88 bits per heavy atom. The van der Waals surface area contributed by atoms with Crippen molar-refractivity contribution >= 4 is 11.9 Å². The molecule has 0 saturated carbocycles. The standard InChI is InChI=1S/C20H31NO4/c1-6-24-20(23)10-12-21(11-9-15(2)3)19(22)14-25-18-13-16(4)7-8-17(18)5/h7-8,13,15H,6,9-12,14H2,1-5H3. The summed E-state index contributed by atoms with van der Waals surface area (Å²) in [6, 6.07) is 5.92. The number of esters is 1. The molecule has 0 aliphatic rings. The summed E-state index contributed by atoms with van der Waals surface area (Å²) in [5, 5.41) is 0. The predicted octanol–water partition coefficient (Wildman–Crippen LogP) is 3.51. The Morgan fingerprint density at radius 3 is 2.52 bits per heavy atom. The number of carbonyl (C=O) groups excluding carboxylic acids is 2. The first-order valence-electron chi connectivity index (χ1n) is 8.97. The number of ether oxygens (including phenoxy) is 2. The van der Waals surface area contributed by atoms with E-state index in [0.29, 0.717) is 25.6 Å². The van der Waals surface area contributed by atoms with Gasteiger partial charge in [-0.1, -0.05) is 26.0 Å². The molecule has 0 aromatic heterocycles. The summed E-state index contributed by atoms with van der Waals surface area (Å²) in [6.45, 7) is 11.3. The molecule has 1 amide bonds. The van der Waals surface area contributed by atoms with E-state index in [-0.39, 0.29) is 24.9 Å². The zero-order chi connectivity index (χ0) is 18.8. The molecular weight excluding hydrogens is 318 g/mol. The van der Waals surface area contributed by atoms with Gasteiger partial charge >= 0.3 is 5.97 Å². The van der Waals surface area contributed by atoms with Gasteiger partial charge in [-0.15, -0.1) is 0 Å². The highest BCUT2D eigenvalue weighted by Crippen LogP contribution is 2.19. The van der Waals surface area contributed by atoms with Gasteiger partial charge in [-0.3, -0.25) is 9.59 Å². The normalized spacial score (nSPS) is 10.6. The lowest BCUT2D eigenvalue weighted by atomic mass is 10.1. The van der Waals surface area contributed by atoms with E-state index in [1.807, 2.05) is 32.0 Å². The van der Waals surface area contributed by atoms with Crippen LogP contribution in [0.5, 0.6) is 5.75 Å². The maximum Gasteiger partial charge on any atom is 0.307 e. The monoisotopic (exact) mass is 349 g/mol. The molecule has 0 heterocycles. The molecule has 0 N–H and O–H groups in total. The third kappa shape index (κ3) is 8.05. The number of hydrogen-bond acceptors (Lipinski definition) is 4. The molecule has 5 nitrogen and oxygen atoms in total. The van der Waals surface area contributed by atoms with Crippen molar-refractivity contribution in [1.29, 1.82) is 0 Å². The molecule has 0 saturated heterocycles. The molecule has 1 aromatic carbocycles. The van der Waals surface area contributed by atoms with Gasteiger partial charge in [-0.25, -0.2) is 0 Å². The first kappa shape index (κ1) is 21.0. The van der Waals surface area contributed by atoms with Crippen LogP contribution < -0.4 is 4.74 Å². The van der Waals surface area contributed by atoms with Crippen LogP contribution in [0.4, 0.5) is 0 Å². The third-order valence-corrected chi connectivity index (χ3v) is 3.92. The van der Waals surface area contributed by atoms with Crippen LogP contribution in [0.2, 0.25) is 0 Å². The van der Waals surface area contributed by atoms with Crippen molar-refractivity contribution in [2.75, 3.05) is 26.3 Å². The summed E-state index contributed by atoms with van der Waals surface area (Å²) < 4.78 is 10.7. The molecule has 0 unspecified atom stereocenters. The largest absolute Gasteiger partial charge is 0.483 e. The number of aryl methyl sites for hydroxylation is 2. The lowest BCUT2D eigenvalue weighted by Crippen LogP contribution is -2.38. The van der Waals surface area contributed by atoms with Crippen molar-refractivity contribution in [3.63, 3.8) is 0 Å². The van der Waals surface area contributed by atoms with Gasteiger partial charge in [0.15, 0.2) is 6.61 Å². The van der Waals surface area contributed by atoms with Crippen molar-refractivity contribution in [2.45, 2.75) is 47.5 Å². The van der Waals surface area contributed by atoms with E-state index in [9.17, 15) is 9.59 Å². The fourth-order valence-electron chi connectivity index (χ4n) is 2.33. The minimum atomic E-state index is -0.278. The van der Waals surface area contributed by atoms with Gasteiger partial charge in [0.25, 0.3) is 5.91 Å². The number of rotatable bonds is 10.